The monoisotopic (exact) mass is 411 g/mol. The van der Waals surface area contributed by atoms with Crippen LogP contribution in [0, 0.1) is 5.92 Å². The number of benzene rings is 1. The van der Waals surface area contributed by atoms with Crippen LogP contribution in [-0.4, -0.2) is 47.2 Å². The van der Waals surface area contributed by atoms with Gasteiger partial charge in [-0.15, -0.1) is 0 Å². The number of carbonyl (C=O) groups is 1. The number of carboxylic acids is 1. The van der Waals surface area contributed by atoms with Gasteiger partial charge in [0, 0.05) is 30.4 Å². The molecule has 3 rings (SSSR count). The number of fused-ring (bicyclic) bond motifs is 1. The predicted molar refractivity (Wildman–Crippen MR) is 99.7 cm³/mol. The van der Waals surface area contributed by atoms with Crippen LogP contribution in [0.2, 0.25) is 0 Å². The van der Waals surface area contributed by atoms with Crippen molar-refractivity contribution in [2.24, 2.45) is 5.92 Å². The van der Waals surface area contributed by atoms with Crippen LogP contribution in [0.3, 0.4) is 0 Å². The summed E-state index contributed by atoms with van der Waals surface area (Å²) in [5.74, 6) is 0.378. The number of hydrogen-bond donors (Lipinski definition) is 1. The molecule has 138 valence electrons. The topological polar surface area (TPSA) is 59.0 Å². The molecule has 1 saturated heterocycles. The zero-order valence-corrected chi connectivity index (χ0v) is 16.2. The van der Waals surface area contributed by atoms with E-state index in [1.54, 1.807) is 0 Å². The SMILES string of the molecule is CCCCC[C@@H]1[C@@H](C(=O)O)[C@@H](c2ccc3c(c2)OCO3)CN1CCBr. The molecule has 1 N–H and O–H groups in total. The van der Waals surface area contributed by atoms with Gasteiger partial charge >= 0.3 is 5.97 Å². The van der Waals surface area contributed by atoms with Crippen LogP contribution in [0.25, 0.3) is 0 Å². The maximum Gasteiger partial charge on any atom is 0.308 e. The Morgan fingerprint density at radius 1 is 1.32 bits per heavy atom. The number of ether oxygens (including phenoxy) is 2. The van der Waals surface area contributed by atoms with Crippen molar-refractivity contribution < 1.29 is 19.4 Å². The van der Waals surface area contributed by atoms with E-state index >= 15 is 0 Å². The van der Waals surface area contributed by atoms with E-state index in [0.29, 0.717) is 0 Å². The third-order valence-corrected chi connectivity index (χ3v) is 5.69. The fraction of sp³-hybridized carbons (Fsp3) is 0.632. The van der Waals surface area contributed by atoms with Gasteiger partial charge in [0.05, 0.1) is 5.92 Å². The third kappa shape index (κ3) is 3.95. The molecule has 0 spiro atoms. The first-order valence-corrected chi connectivity index (χ1v) is 10.2. The lowest BCUT2D eigenvalue weighted by Gasteiger charge is -2.26. The van der Waals surface area contributed by atoms with Crippen molar-refractivity contribution in [1.29, 1.82) is 0 Å². The van der Waals surface area contributed by atoms with Gasteiger partial charge in [-0.2, -0.15) is 0 Å². The summed E-state index contributed by atoms with van der Waals surface area (Å²) >= 11 is 3.52. The summed E-state index contributed by atoms with van der Waals surface area (Å²) in [6.45, 7) is 4.07. The first kappa shape index (κ1) is 18.5. The molecule has 1 aromatic rings. The summed E-state index contributed by atoms with van der Waals surface area (Å²) in [6.07, 6.45) is 4.32. The third-order valence-electron chi connectivity index (χ3n) is 5.33. The number of aliphatic carboxylic acids is 1. The van der Waals surface area contributed by atoms with Crippen LogP contribution >= 0.6 is 15.9 Å². The quantitative estimate of drug-likeness (QED) is 0.519. The van der Waals surface area contributed by atoms with Crippen LogP contribution in [0.4, 0.5) is 0 Å². The van der Waals surface area contributed by atoms with E-state index in [9.17, 15) is 9.90 Å². The van der Waals surface area contributed by atoms with Crippen LogP contribution in [-0.2, 0) is 4.79 Å². The predicted octanol–water partition coefficient (Wildman–Crippen LogP) is 3.86. The fourth-order valence-corrected chi connectivity index (χ4v) is 4.58. The number of hydrogen-bond acceptors (Lipinski definition) is 4. The number of alkyl halides is 1. The Labute approximate surface area is 157 Å². The number of halogens is 1. The van der Waals surface area contributed by atoms with Crippen LogP contribution < -0.4 is 9.47 Å². The van der Waals surface area contributed by atoms with E-state index in [1.165, 1.54) is 0 Å². The standard InChI is InChI=1S/C19H26BrNO4/c1-2-3-4-5-15-18(19(22)23)14(11-21(15)9-8-20)13-6-7-16-17(10-13)25-12-24-16/h6-7,10,14-15,18H,2-5,8-9,11-12H2,1H3,(H,22,23)/t14-,15-,18+/m1/s1. The van der Waals surface area contributed by atoms with Crippen LogP contribution in [0.15, 0.2) is 18.2 Å². The van der Waals surface area contributed by atoms with Gasteiger partial charge in [-0.1, -0.05) is 48.2 Å². The van der Waals surface area contributed by atoms with E-state index in [2.05, 4.69) is 27.8 Å². The summed E-state index contributed by atoms with van der Waals surface area (Å²) in [6, 6.07) is 5.95. The summed E-state index contributed by atoms with van der Waals surface area (Å²) in [5.41, 5.74) is 1.04. The minimum Gasteiger partial charge on any atom is -0.481 e. The first-order chi connectivity index (χ1) is 12.2. The molecule has 0 amide bonds. The Hall–Kier alpha value is -1.27. The molecule has 2 heterocycles. The lowest BCUT2D eigenvalue weighted by Crippen LogP contribution is -2.37. The Kier molecular flexibility index (Phi) is 6.23. The van der Waals surface area contributed by atoms with Gasteiger partial charge in [-0.05, 0) is 24.1 Å². The molecule has 3 atom stereocenters. The maximum atomic E-state index is 12.1. The van der Waals surface area contributed by atoms with Crippen molar-refractivity contribution >= 4 is 21.9 Å². The van der Waals surface area contributed by atoms with Gasteiger partial charge in [-0.25, -0.2) is 0 Å². The van der Waals surface area contributed by atoms with E-state index < -0.39 is 5.97 Å². The van der Waals surface area contributed by atoms with E-state index in [1.807, 2.05) is 18.2 Å². The van der Waals surface area contributed by atoms with Crippen molar-refractivity contribution in [2.45, 2.75) is 44.6 Å². The second-order valence-corrected chi connectivity index (χ2v) is 7.62. The van der Waals surface area contributed by atoms with Crippen LogP contribution in [0.1, 0.15) is 44.1 Å². The molecule has 0 radical (unpaired) electrons. The summed E-state index contributed by atoms with van der Waals surface area (Å²) in [7, 11) is 0. The Morgan fingerprint density at radius 2 is 2.12 bits per heavy atom. The molecular weight excluding hydrogens is 386 g/mol. The van der Waals surface area contributed by atoms with Gasteiger partial charge < -0.3 is 14.6 Å². The normalized spacial score (nSPS) is 25.4. The Morgan fingerprint density at radius 3 is 2.84 bits per heavy atom. The zero-order valence-electron chi connectivity index (χ0n) is 14.6. The summed E-state index contributed by atoms with van der Waals surface area (Å²) in [5, 5.41) is 10.8. The van der Waals surface area contributed by atoms with Crippen molar-refractivity contribution in [3.63, 3.8) is 0 Å². The van der Waals surface area contributed by atoms with Gasteiger partial charge in [0.1, 0.15) is 0 Å². The molecule has 0 aliphatic carbocycles. The smallest absolute Gasteiger partial charge is 0.308 e. The molecule has 0 unspecified atom stereocenters. The van der Waals surface area contributed by atoms with Crippen molar-refractivity contribution in [2.75, 3.05) is 25.2 Å². The molecule has 2 aliphatic heterocycles. The van der Waals surface area contributed by atoms with Gasteiger partial charge in [0.15, 0.2) is 11.5 Å². The second kappa shape index (κ2) is 8.41. The Bertz CT molecular complexity index is 609. The molecule has 0 saturated carbocycles. The highest BCUT2D eigenvalue weighted by atomic mass is 79.9. The summed E-state index contributed by atoms with van der Waals surface area (Å²) < 4.78 is 10.9. The first-order valence-electron chi connectivity index (χ1n) is 9.08. The van der Waals surface area contributed by atoms with Gasteiger partial charge in [0.25, 0.3) is 0 Å². The van der Waals surface area contributed by atoms with Crippen molar-refractivity contribution in [1.82, 2.24) is 4.90 Å². The molecule has 2 aliphatic rings. The van der Waals surface area contributed by atoms with Gasteiger partial charge in [-0.3, -0.25) is 9.69 Å². The molecule has 0 aromatic heterocycles. The number of carboxylic acid groups (broad SMARTS) is 1. The number of unbranched alkanes of at least 4 members (excludes halogenated alkanes) is 2. The van der Waals surface area contributed by atoms with Crippen molar-refractivity contribution in [3.8, 4) is 11.5 Å². The number of nitrogens with zero attached hydrogens (tertiary/aromatic N) is 1. The molecule has 1 aromatic carbocycles. The average Bonchev–Trinajstić information content (AvgIpc) is 3.19. The average molecular weight is 412 g/mol. The maximum absolute atomic E-state index is 12.1. The minimum absolute atomic E-state index is 0.0160. The van der Waals surface area contributed by atoms with E-state index in [4.69, 9.17) is 9.47 Å². The number of rotatable bonds is 8. The van der Waals surface area contributed by atoms with E-state index in [-0.39, 0.29) is 24.7 Å². The highest BCUT2D eigenvalue weighted by Gasteiger charge is 2.46. The Balaban J connectivity index is 1.85. The molecule has 1 fully saturated rings. The van der Waals surface area contributed by atoms with Crippen molar-refractivity contribution in [3.05, 3.63) is 23.8 Å². The van der Waals surface area contributed by atoms with Gasteiger partial charge in [0.2, 0.25) is 6.79 Å². The zero-order chi connectivity index (χ0) is 17.8. The largest absolute Gasteiger partial charge is 0.481 e. The number of likely N-dealkylation sites (tertiary alicyclic amines) is 1. The second-order valence-electron chi connectivity index (χ2n) is 6.83. The lowest BCUT2D eigenvalue weighted by molar-refractivity contribution is -0.143. The molecule has 6 heteroatoms. The lowest BCUT2D eigenvalue weighted by atomic mass is 9.83. The molecule has 0 bridgehead atoms. The fourth-order valence-electron chi connectivity index (χ4n) is 4.12. The molecular formula is C19H26BrNO4. The highest BCUT2D eigenvalue weighted by Crippen LogP contribution is 2.43. The molecule has 5 nitrogen and oxygen atoms in total. The molecule has 25 heavy (non-hydrogen) atoms. The van der Waals surface area contributed by atoms with E-state index in [0.717, 1.165) is 61.2 Å². The van der Waals surface area contributed by atoms with Crippen LogP contribution in [0.5, 0.6) is 11.5 Å². The highest BCUT2D eigenvalue weighted by molar-refractivity contribution is 9.09. The minimum atomic E-state index is -0.693. The summed E-state index contributed by atoms with van der Waals surface area (Å²) in [4.78, 5) is 14.5.